The first-order valence-electron chi connectivity index (χ1n) is 7.54. The number of methoxy groups -OCH3 is 1. The second-order valence-electron chi connectivity index (χ2n) is 5.23. The van der Waals surface area contributed by atoms with Crippen LogP contribution in [-0.4, -0.2) is 31.5 Å². The molecule has 27 heavy (non-hydrogen) atoms. The zero-order valence-corrected chi connectivity index (χ0v) is 14.0. The number of nitrogens with one attached hydrogen (secondary N) is 1. The third-order valence-corrected chi connectivity index (χ3v) is 3.39. The summed E-state index contributed by atoms with van der Waals surface area (Å²) in [6.45, 7) is -0.777. The number of carbonyl (C=O) groups is 3. The normalized spacial score (nSPS) is 10.8. The number of imide groups is 1. The zero-order chi connectivity index (χ0) is 20.0. The highest BCUT2D eigenvalue weighted by Gasteiger charge is 2.30. The van der Waals surface area contributed by atoms with Crippen LogP contribution < -0.4 is 10.1 Å². The lowest BCUT2D eigenvalue weighted by Gasteiger charge is -2.09. The number of hydrogen-bond acceptors (Lipinski definition) is 5. The van der Waals surface area contributed by atoms with Gasteiger partial charge < -0.3 is 9.47 Å². The molecule has 0 aromatic heterocycles. The Morgan fingerprint density at radius 3 is 2.22 bits per heavy atom. The average molecular weight is 381 g/mol. The molecule has 9 heteroatoms. The summed E-state index contributed by atoms with van der Waals surface area (Å²) in [7, 11) is 1.36. The number of amides is 2. The van der Waals surface area contributed by atoms with Crippen LogP contribution in [0.5, 0.6) is 5.75 Å². The predicted molar refractivity (Wildman–Crippen MR) is 87.2 cm³/mol. The van der Waals surface area contributed by atoms with Crippen molar-refractivity contribution in [3.63, 3.8) is 0 Å². The molecule has 0 atom stereocenters. The summed E-state index contributed by atoms with van der Waals surface area (Å²) in [5.74, 6) is -2.39. The van der Waals surface area contributed by atoms with E-state index in [9.17, 15) is 27.6 Å². The maximum absolute atomic E-state index is 12.5. The van der Waals surface area contributed by atoms with Crippen molar-refractivity contribution in [3.8, 4) is 5.75 Å². The molecule has 0 aliphatic carbocycles. The summed E-state index contributed by atoms with van der Waals surface area (Å²) < 4.78 is 47.1. The number of hydrogen-bond donors (Lipinski definition) is 1. The lowest BCUT2D eigenvalue weighted by Crippen LogP contribution is -2.34. The van der Waals surface area contributed by atoms with Gasteiger partial charge in [-0.2, -0.15) is 13.2 Å². The van der Waals surface area contributed by atoms with Crippen LogP contribution in [-0.2, 0) is 15.7 Å². The van der Waals surface area contributed by atoms with Gasteiger partial charge in [0.05, 0.1) is 23.8 Å². The summed E-state index contributed by atoms with van der Waals surface area (Å²) >= 11 is 0. The van der Waals surface area contributed by atoms with E-state index in [1.54, 1.807) is 12.1 Å². The SMILES string of the molecule is COc1ccccc1C(=O)NC(=O)COC(=O)c1ccc(C(F)(F)F)cc1. The fraction of sp³-hybridized carbons (Fsp3) is 0.167. The monoisotopic (exact) mass is 381 g/mol. The molecule has 2 aromatic carbocycles. The molecule has 0 fully saturated rings. The number of carbonyl (C=O) groups excluding carboxylic acids is 3. The third kappa shape index (κ3) is 5.30. The van der Waals surface area contributed by atoms with Crippen molar-refractivity contribution in [1.82, 2.24) is 5.32 Å². The van der Waals surface area contributed by atoms with Gasteiger partial charge in [0.25, 0.3) is 11.8 Å². The number of halogens is 3. The van der Waals surface area contributed by atoms with Gasteiger partial charge in [0.2, 0.25) is 0 Å². The first-order chi connectivity index (χ1) is 12.7. The third-order valence-electron chi connectivity index (χ3n) is 3.39. The van der Waals surface area contributed by atoms with Crippen molar-refractivity contribution >= 4 is 17.8 Å². The minimum atomic E-state index is -4.53. The van der Waals surface area contributed by atoms with E-state index in [4.69, 9.17) is 9.47 Å². The van der Waals surface area contributed by atoms with Gasteiger partial charge in [0.15, 0.2) is 6.61 Å². The number of ether oxygens (including phenoxy) is 2. The van der Waals surface area contributed by atoms with Gasteiger partial charge in [-0.05, 0) is 36.4 Å². The fourth-order valence-corrected chi connectivity index (χ4v) is 2.07. The van der Waals surface area contributed by atoms with Crippen molar-refractivity contribution < 1.29 is 37.0 Å². The Hall–Kier alpha value is -3.36. The van der Waals surface area contributed by atoms with E-state index in [0.29, 0.717) is 0 Å². The van der Waals surface area contributed by atoms with E-state index >= 15 is 0 Å². The van der Waals surface area contributed by atoms with Gasteiger partial charge >= 0.3 is 12.1 Å². The van der Waals surface area contributed by atoms with E-state index < -0.39 is 36.1 Å². The molecular weight excluding hydrogens is 367 g/mol. The topological polar surface area (TPSA) is 81.7 Å². The standard InChI is InChI=1S/C18H14F3NO5/c1-26-14-5-3-2-4-13(14)16(24)22-15(23)10-27-17(25)11-6-8-12(9-7-11)18(19,20)21/h2-9H,10H2,1H3,(H,22,23,24). The van der Waals surface area contributed by atoms with Crippen LogP contribution >= 0.6 is 0 Å². The van der Waals surface area contributed by atoms with E-state index in [2.05, 4.69) is 0 Å². The Morgan fingerprint density at radius 1 is 1.00 bits per heavy atom. The minimum Gasteiger partial charge on any atom is -0.496 e. The molecule has 2 aromatic rings. The molecule has 0 unspecified atom stereocenters. The molecule has 0 aliphatic heterocycles. The first kappa shape index (κ1) is 20.0. The second kappa shape index (κ2) is 8.35. The van der Waals surface area contributed by atoms with E-state index in [1.807, 2.05) is 5.32 Å². The molecule has 0 saturated carbocycles. The Labute approximate surface area is 151 Å². The van der Waals surface area contributed by atoms with E-state index in [0.717, 1.165) is 24.3 Å². The molecule has 0 radical (unpaired) electrons. The number of alkyl halides is 3. The van der Waals surface area contributed by atoms with Crippen LogP contribution in [0.3, 0.4) is 0 Å². The Bertz CT molecular complexity index is 847. The molecule has 2 amide bonds. The number of benzene rings is 2. The molecule has 142 valence electrons. The summed E-state index contributed by atoms with van der Waals surface area (Å²) in [6.07, 6.45) is -4.53. The van der Waals surface area contributed by atoms with Crippen molar-refractivity contribution in [1.29, 1.82) is 0 Å². The summed E-state index contributed by atoms with van der Waals surface area (Å²) in [6, 6.07) is 9.51. The Balaban J connectivity index is 1.91. The molecule has 0 heterocycles. The summed E-state index contributed by atoms with van der Waals surface area (Å²) in [4.78, 5) is 35.5. The van der Waals surface area contributed by atoms with Crippen molar-refractivity contribution in [2.75, 3.05) is 13.7 Å². The largest absolute Gasteiger partial charge is 0.496 e. The van der Waals surface area contributed by atoms with Crippen LogP contribution in [0.2, 0.25) is 0 Å². The molecule has 0 saturated heterocycles. The van der Waals surface area contributed by atoms with Crippen molar-refractivity contribution in [2.45, 2.75) is 6.18 Å². The van der Waals surface area contributed by atoms with Gasteiger partial charge in [-0.25, -0.2) is 4.79 Å². The highest BCUT2D eigenvalue weighted by Crippen LogP contribution is 2.29. The van der Waals surface area contributed by atoms with Crippen molar-refractivity contribution in [2.24, 2.45) is 0 Å². The molecule has 0 aliphatic rings. The number of esters is 1. The van der Waals surface area contributed by atoms with Crippen LogP contribution in [0.25, 0.3) is 0 Å². The molecule has 0 spiro atoms. The smallest absolute Gasteiger partial charge is 0.416 e. The van der Waals surface area contributed by atoms with Crippen LogP contribution in [0.4, 0.5) is 13.2 Å². The first-order valence-corrected chi connectivity index (χ1v) is 7.54. The molecule has 0 bridgehead atoms. The van der Waals surface area contributed by atoms with E-state index in [1.165, 1.54) is 19.2 Å². The van der Waals surface area contributed by atoms with Gasteiger partial charge in [-0.1, -0.05) is 12.1 Å². The quantitative estimate of drug-likeness (QED) is 0.806. The maximum atomic E-state index is 12.5. The zero-order valence-electron chi connectivity index (χ0n) is 14.0. The Kier molecular flexibility index (Phi) is 6.17. The lowest BCUT2D eigenvalue weighted by atomic mass is 10.1. The van der Waals surface area contributed by atoms with Crippen LogP contribution in [0, 0.1) is 0 Å². The fourth-order valence-electron chi connectivity index (χ4n) is 2.07. The van der Waals surface area contributed by atoms with Crippen LogP contribution in [0.1, 0.15) is 26.3 Å². The minimum absolute atomic E-state index is 0.113. The molecular formula is C18H14F3NO5. The van der Waals surface area contributed by atoms with Gasteiger partial charge in [-0.3, -0.25) is 14.9 Å². The van der Waals surface area contributed by atoms with Gasteiger partial charge in [0, 0.05) is 0 Å². The summed E-state index contributed by atoms with van der Waals surface area (Å²) in [5.41, 5.74) is -0.964. The van der Waals surface area contributed by atoms with Crippen molar-refractivity contribution in [3.05, 3.63) is 65.2 Å². The highest BCUT2D eigenvalue weighted by molar-refractivity contribution is 6.07. The highest BCUT2D eigenvalue weighted by atomic mass is 19.4. The molecule has 6 nitrogen and oxygen atoms in total. The second-order valence-corrected chi connectivity index (χ2v) is 5.23. The van der Waals surface area contributed by atoms with Crippen LogP contribution in [0.15, 0.2) is 48.5 Å². The lowest BCUT2D eigenvalue weighted by molar-refractivity contribution is -0.137. The Morgan fingerprint density at radius 2 is 1.63 bits per heavy atom. The maximum Gasteiger partial charge on any atom is 0.416 e. The summed E-state index contributed by atoms with van der Waals surface area (Å²) in [5, 5.41) is 2.02. The molecule has 1 N–H and O–H groups in total. The van der Waals surface area contributed by atoms with Gasteiger partial charge in [0.1, 0.15) is 5.75 Å². The predicted octanol–water partition coefficient (Wildman–Crippen LogP) is 2.83. The average Bonchev–Trinajstić information content (AvgIpc) is 2.65. The number of rotatable bonds is 5. The molecule has 2 rings (SSSR count). The van der Waals surface area contributed by atoms with Gasteiger partial charge in [-0.15, -0.1) is 0 Å². The number of para-hydroxylation sites is 1. The van der Waals surface area contributed by atoms with E-state index in [-0.39, 0.29) is 16.9 Å².